The Bertz CT molecular complexity index is 311. The zero-order chi connectivity index (χ0) is 16.1. The summed E-state index contributed by atoms with van der Waals surface area (Å²) in [5.41, 5.74) is 0. The summed E-state index contributed by atoms with van der Waals surface area (Å²) in [7, 11) is 1.81. The summed E-state index contributed by atoms with van der Waals surface area (Å²) in [5, 5.41) is 6.75. The van der Waals surface area contributed by atoms with E-state index in [9.17, 15) is 0 Å². The van der Waals surface area contributed by atoms with E-state index in [1.54, 1.807) is 0 Å². The van der Waals surface area contributed by atoms with Gasteiger partial charge in [0.25, 0.3) is 0 Å². The van der Waals surface area contributed by atoms with Crippen molar-refractivity contribution in [2.24, 2.45) is 10.9 Å². The number of nitrogens with one attached hydrogen (secondary N) is 2. The van der Waals surface area contributed by atoms with Crippen molar-refractivity contribution < 1.29 is 0 Å². The molecule has 0 saturated carbocycles. The summed E-state index contributed by atoms with van der Waals surface area (Å²) in [6.07, 6.45) is 6.00. The molecule has 130 valence electrons. The molecule has 0 bridgehead atoms. The van der Waals surface area contributed by atoms with E-state index < -0.39 is 0 Å². The van der Waals surface area contributed by atoms with Crippen molar-refractivity contribution in [2.75, 3.05) is 45.2 Å². The number of nitrogens with zero attached hydrogens (tertiary/aromatic N) is 2. The first kappa shape index (κ1) is 24.0. The maximum atomic E-state index is 4.27. The van der Waals surface area contributed by atoms with Crippen LogP contribution >= 0.6 is 35.7 Å². The van der Waals surface area contributed by atoms with Crippen LogP contribution in [0.4, 0.5) is 0 Å². The van der Waals surface area contributed by atoms with Crippen LogP contribution in [0.2, 0.25) is 0 Å². The molecule has 0 heterocycles. The van der Waals surface area contributed by atoms with Crippen LogP contribution in [-0.4, -0.2) is 62.1 Å². The average molecular weight is 440 g/mol. The largest absolute Gasteiger partial charge is 0.356 e. The molecule has 0 aromatic heterocycles. The van der Waals surface area contributed by atoms with Crippen molar-refractivity contribution in [3.05, 3.63) is 25.3 Å². The second kappa shape index (κ2) is 15.7. The molecule has 0 radical (unpaired) electrons. The Kier molecular flexibility index (Phi) is 17.1. The SMILES string of the molecule is C=CCN(CC=C)C(CNC(=NC)NCCSC)C(C)C.I. The number of thioether (sulfide) groups is 1. The molecule has 0 aliphatic rings. The van der Waals surface area contributed by atoms with Crippen LogP contribution < -0.4 is 10.6 Å². The summed E-state index contributed by atoms with van der Waals surface area (Å²) < 4.78 is 0. The molecule has 0 aromatic rings. The number of hydrogen-bond donors (Lipinski definition) is 2. The normalized spacial score (nSPS) is 12.7. The predicted molar refractivity (Wildman–Crippen MR) is 114 cm³/mol. The summed E-state index contributed by atoms with van der Waals surface area (Å²) in [4.78, 5) is 6.65. The van der Waals surface area contributed by atoms with Gasteiger partial charge in [-0.15, -0.1) is 37.1 Å². The number of hydrogen-bond acceptors (Lipinski definition) is 3. The third-order valence-corrected chi connectivity index (χ3v) is 3.88. The fourth-order valence-corrected chi connectivity index (χ4v) is 2.46. The van der Waals surface area contributed by atoms with Gasteiger partial charge in [0.1, 0.15) is 0 Å². The van der Waals surface area contributed by atoms with E-state index in [4.69, 9.17) is 0 Å². The molecule has 4 nitrogen and oxygen atoms in total. The standard InChI is InChI=1S/C16H32N4S.HI/c1-7-10-20(11-8-2)15(14(3)4)13-19-16(17-5)18-9-12-21-6;/h7-8,14-15H,1-2,9-13H2,3-6H3,(H2,17,18,19);1H. The number of rotatable bonds is 11. The van der Waals surface area contributed by atoms with Gasteiger partial charge in [-0.05, 0) is 12.2 Å². The third-order valence-electron chi connectivity index (χ3n) is 3.27. The third kappa shape index (κ3) is 10.5. The lowest BCUT2D eigenvalue weighted by atomic mass is 10.0. The van der Waals surface area contributed by atoms with Gasteiger partial charge in [-0.2, -0.15) is 11.8 Å². The fraction of sp³-hybridized carbons (Fsp3) is 0.688. The van der Waals surface area contributed by atoms with Gasteiger partial charge in [-0.3, -0.25) is 9.89 Å². The molecule has 0 aliphatic carbocycles. The Balaban J connectivity index is 0. The van der Waals surface area contributed by atoms with E-state index in [1.807, 2.05) is 31.0 Å². The molecule has 0 fully saturated rings. The summed E-state index contributed by atoms with van der Waals surface area (Å²) in [5.74, 6) is 2.49. The molecule has 6 heteroatoms. The number of halogens is 1. The quantitative estimate of drug-likeness (QED) is 0.170. The maximum absolute atomic E-state index is 4.27. The molecule has 2 N–H and O–H groups in total. The predicted octanol–water partition coefficient (Wildman–Crippen LogP) is 2.83. The van der Waals surface area contributed by atoms with Gasteiger partial charge < -0.3 is 10.6 Å². The lowest BCUT2D eigenvalue weighted by Gasteiger charge is -2.33. The van der Waals surface area contributed by atoms with Crippen molar-refractivity contribution in [1.29, 1.82) is 0 Å². The highest BCUT2D eigenvalue weighted by Gasteiger charge is 2.20. The van der Waals surface area contributed by atoms with Crippen molar-refractivity contribution in [1.82, 2.24) is 15.5 Å². The van der Waals surface area contributed by atoms with Crippen LogP contribution in [0.1, 0.15) is 13.8 Å². The summed E-state index contributed by atoms with van der Waals surface area (Å²) in [6, 6.07) is 0.417. The highest BCUT2D eigenvalue weighted by Crippen LogP contribution is 2.10. The van der Waals surface area contributed by atoms with Crippen LogP contribution in [0, 0.1) is 5.92 Å². The molecule has 0 spiro atoms. The van der Waals surface area contributed by atoms with Crippen LogP contribution in [-0.2, 0) is 0 Å². The van der Waals surface area contributed by atoms with E-state index in [-0.39, 0.29) is 24.0 Å². The molecule has 0 aliphatic heterocycles. The molecule has 22 heavy (non-hydrogen) atoms. The second-order valence-electron chi connectivity index (χ2n) is 5.22. The molecule has 1 atom stereocenters. The number of aliphatic imine (C=N–C) groups is 1. The topological polar surface area (TPSA) is 39.7 Å². The van der Waals surface area contributed by atoms with Gasteiger partial charge >= 0.3 is 0 Å². The first-order valence-electron chi connectivity index (χ1n) is 7.49. The Hall–Kier alpha value is -0.210. The van der Waals surface area contributed by atoms with Crippen LogP contribution in [0.5, 0.6) is 0 Å². The van der Waals surface area contributed by atoms with Crippen molar-refractivity contribution in [3.8, 4) is 0 Å². The van der Waals surface area contributed by atoms with Gasteiger partial charge in [0, 0.05) is 45.0 Å². The molecule has 0 rings (SSSR count). The lowest BCUT2D eigenvalue weighted by molar-refractivity contribution is 0.190. The zero-order valence-electron chi connectivity index (χ0n) is 14.5. The smallest absolute Gasteiger partial charge is 0.191 e. The molecular weight excluding hydrogens is 407 g/mol. The molecule has 0 amide bonds. The zero-order valence-corrected chi connectivity index (χ0v) is 17.6. The van der Waals surface area contributed by atoms with Crippen LogP contribution in [0.25, 0.3) is 0 Å². The minimum Gasteiger partial charge on any atom is -0.356 e. The van der Waals surface area contributed by atoms with Gasteiger partial charge in [-0.25, -0.2) is 0 Å². The first-order valence-corrected chi connectivity index (χ1v) is 8.89. The van der Waals surface area contributed by atoms with E-state index in [0.717, 1.165) is 37.9 Å². The monoisotopic (exact) mass is 440 g/mol. The van der Waals surface area contributed by atoms with E-state index >= 15 is 0 Å². The average Bonchev–Trinajstić information content (AvgIpc) is 2.45. The van der Waals surface area contributed by atoms with Gasteiger partial charge in [0.2, 0.25) is 0 Å². The summed E-state index contributed by atoms with van der Waals surface area (Å²) in [6.45, 7) is 15.7. The van der Waals surface area contributed by atoms with E-state index in [0.29, 0.717) is 12.0 Å². The highest BCUT2D eigenvalue weighted by atomic mass is 127. The minimum atomic E-state index is 0. The minimum absolute atomic E-state index is 0. The molecule has 1 unspecified atom stereocenters. The fourth-order valence-electron chi connectivity index (χ4n) is 2.16. The Morgan fingerprint density at radius 3 is 2.23 bits per heavy atom. The van der Waals surface area contributed by atoms with Crippen molar-refractivity contribution in [2.45, 2.75) is 19.9 Å². The molecular formula is C16H33IN4S. The van der Waals surface area contributed by atoms with Crippen LogP contribution in [0.3, 0.4) is 0 Å². The van der Waals surface area contributed by atoms with Gasteiger partial charge in [-0.1, -0.05) is 26.0 Å². The van der Waals surface area contributed by atoms with Gasteiger partial charge in [0.15, 0.2) is 5.96 Å². The highest BCUT2D eigenvalue weighted by molar-refractivity contribution is 14.0. The van der Waals surface area contributed by atoms with Crippen molar-refractivity contribution in [3.63, 3.8) is 0 Å². The first-order chi connectivity index (χ1) is 10.1. The molecule has 0 saturated heterocycles. The lowest BCUT2D eigenvalue weighted by Crippen LogP contribution is -2.49. The van der Waals surface area contributed by atoms with E-state index in [2.05, 4.69) is 53.8 Å². The Morgan fingerprint density at radius 1 is 1.23 bits per heavy atom. The summed E-state index contributed by atoms with van der Waals surface area (Å²) >= 11 is 1.83. The molecule has 0 aromatic carbocycles. The van der Waals surface area contributed by atoms with Gasteiger partial charge in [0.05, 0.1) is 0 Å². The Morgan fingerprint density at radius 2 is 1.82 bits per heavy atom. The second-order valence-corrected chi connectivity index (χ2v) is 6.20. The number of guanidine groups is 1. The van der Waals surface area contributed by atoms with Crippen molar-refractivity contribution >= 4 is 41.7 Å². The van der Waals surface area contributed by atoms with E-state index in [1.165, 1.54) is 0 Å². The Labute approximate surface area is 158 Å². The maximum Gasteiger partial charge on any atom is 0.191 e. The van der Waals surface area contributed by atoms with Crippen LogP contribution in [0.15, 0.2) is 30.3 Å².